The summed E-state index contributed by atoms with van der Waals surface area (Å²) in [6.07, 6.45) is 2.29. The van der Waals surface area contributed by atoms with Crippen molar-refractivity contribution in [3.8, 4) is 0 Å². The molecule has 5 heteroatoms. The fraction of sp³-hybridized carbons (Fsp3) is 0.400. The number of halogens is 1. The van der Waals surface area contributed by atoms with E-state index in [1.807, 2.05) is 18.2 Å². The van der Waals surface area contributed by atoms with Crippen molar-refractivity contribution in [3.05, 3.63) is 29.3 Å². The molecular formula is C10H11ClO2S2. The van der Waals surface area contributed by atoms with Crippen molar-refractivity contribution in [1.82, 2.24) is 0 Å². The van der Waals surface area contributed by atoms with Crippen molar-refractivity contribution in [1.29, 1.82) is 0 Å². The van der Waals surface area contributed by atoms with Crippen LogP contribution in [0.25, 0.3) is 0 Å². The minimum atomic E-state index is -3.44. The summed E-state index contributed by atoms with van der Waals surface area (Å²) in [4.78, 5) is 1.21. The number of thioether (sulfide) groups is 1. The molecule has 82 valence electrons. The smallest absolute Gasteiger partial charge is 0.212 e. The van der Waals surface area contributed by atoms with E-state index in [1.165, 1.54) is 16.9 Å². The Morgan fingerprint density at radius 3 is 2.93 bits per heavy atom. The Hall–Kier alpha value is -0.190. The molecule has 1 aromatic carbocycles. The van der Waals surface area contributed by atoms with Crippen molar-refractivity contribution in [3.63, 3.8) is 0 Å². The second-order valence-corrected chi connectivity index (χ2v) is 7.49. The second kappa shape index (κ2) is 4.36. The maximum Gasteiger partial charge on any atom is 0.236 e. The zero-order valence-corrected chi connectivity index (χ0v) is 10.5. The van der Waals surface area contributed by atoms with Gasteiger partial charge in [0.25, 0.3) is 0 Å². The average Bonchev–Trinajstić information content (AvgIpc) is 2.15. The van der Waals surface area contributed by atoms with Crippen LogP contribution in [0.15, 0.2) is 23.1 Å². The molecule has 0 saturated heterocycles. The van der Waals surface area contributed by atoms with Crippen molar-refractivity contribution in [2.24, 2.45) is 0 Å². The average molecular weight is 263 g/mol. The Balaban J connectivity index is 2.28. The number of hydrogen-bond acceptors (Lipinski definition) is 3. The molecule has 0 amide bonds. The highest BCUT2D eigenvalue weighted by atomic mass is 35.7. The van der Waals surface area contributed by atoms with E-state index in [-0.39, 0.29) is 5.75 Å². The summed E-state index contributed by atoms with van der Waals surface area (Å²) < 4.78 is 21.9. The van der Waals surface area contributed by atoms with E-state index >= 15 is 0 Å². The molecule has 0 fully saturated rings. The standard InChI is InChI=1S/C10H11ClO2S2/c11-15(12,13)7-8-3-4-9-2-1-5-14-10(9)6-8/h3-4,6H,1-2,5,7H2. The molecule has 1 aliphatic heterocycles. The summed E-state index contributed by atoms with van der Waals surface area (Å²) >= 11 is 1.79. The first-order valence-electron chi connectivity index (χ1n) is 4.71. The number of benzene rings is 1. The molecule has 2 rings (SSSR count). The summed E-state index contributed by atoms with van der Waals surface area (Å²) in [5.41, 5.74) is 2.10. The van der Waals surface area contributed by atoms with Gasteiger partial charge >= 0.3 is 0 Å². The summed E-state index contributed by atoms with van der Waals surface area (Å²) in [5.74, 6) is 1.03. The minimum Gasteiger partial charge on any atom is -0.212 e. The lowest BCUT2D eigenvalue weighted by Gasteiger charge is -2.15. The summed E-state index contributed by atoms with van der Waals surface area (Å²) in [7, 11) is 1.78. The van der Waals surface area contributed by atoms with E-state index in [0.29, 0.717) is 0 Å². The van der Waals surface area contributed by atoms with Crippen LogP contribution >= 0.6 is 22.4 Å². The maximum atomic E-state index is 10.9. The highest BCUT2D eigenvalue weighted by Gasteiger charge is 2.12. The normalized spacial score (nSPS) is 16.1. The Kier molecular flexibility index (Phi) is 3.28. The molecule has 0 saturated carbocycles. The van der Waals surface area contributed by atoms with Crippen LogP contribution in [-0.2, 0) is 21.2 Å². The van der Waals surface area contributed by atoms with Gasteiger partial charge in [-0.3, -0.25) is 0 Å². The van der Waals surface area contributed by atoms with Gasteiger partial charge in [-0.05, 0) is 35.8 Å². The quantitative estimate of drug-likeness (QED) is 0.769. The van der Waals surface area contributed by atoms with E-state index in [2.05, 4.69) is 0 Å². The van der Waals surface area contributed by atoms with Crippen LogP contribution in [0, 0.1) is 0 Å². The van der Waals surface area contributed by atoms with Crippen molar-refractivity contribution in [2.75, 3.05) is 5.75 Å². The van der Waals surface area contributed by atoms with Gasteiger partial charge in [-0.2, -0.15) is 0 Å². The Morgan fingerprint density at radius 2 is 2.20 bits per heavy atom. The third kappa shape index (κ3) is 3.13. The van der Waals surface area contributed by atoms with E-state index in [0.717, 1.165) is 17.7 Å². The van der Waals surface area contributed by atoms with Crippen LogP contribution in [0.2, 0.25) is 0 Å². The van der Waals surface area contributed by atoms with Gasteiger partial charge in [-0.25, -0.2) is 8.42 Å². The topological polar surface area (TPSA) is 34.1 Å². The molecule has 0 bridgehead atoms. The lowest BCUT2D eigenvalue weighted by molar-refractivity contribution is 0.609. The number of fused-ring (bicyclic) bond motifs is 1. The molecule has 0 radical (unpaired) electrons. The summed E-state index contributed by atoms with van der Waals surface area (Å²) in [5, 5.41) is 0. The minimum absolute atomic E-state index is 0.0810. The number of hydrogen-bond donors (Lipinski definition) is 0. The zero-order chi connectivity index (χ0) is 10.9. The Labute approximate surface area is 98.4 Å². The zero-order valence-electron chi connectivity index (χ0n) is 8.07. The molecule has 1 heterocycles. The lowest BCUT2D eigenvalue weighted by Crippen LogP contribution is -2.01. The molecule has 0 N–H and O–H groups in total. The Morgan fingerprint density at radius 1 is 1.40 bits per heavy atom. The van der Waals surface area contributed by atoms with Crippen LogP contribution in [0.5, 0.6) is 0 Å². The monoisotopic (exact) mass is 262 g/mol. The molecule has 1 aliphatic rings. The fourth-order valence-corrected chi connectivity index (χ4v) is 3.73. The van der Waals surface area contributed by atoms with Crippen LogP contribution < -0.4 is 0 Å². The first-order valence-corrected chi connectivity index (χ1v) is 8.18. The van der Waals surface area contributed by atoms with E-state index in [4.69, 9.17) is 10.7 Å². The van der Waals surface area contributed by atoms with Crippen molar-refractivity contribution < 1.29 is 8.42 Å². The van der Waals surface area contributed by atoms with Gasteiger partial charge in [0.1, 0.15) is 0 Å². The lowest BCUT2D eigenvalue weighted by atomic mass is 10.1. The highest BCUT2D eigenvalue weighted by Crippen LogP contribution is 2.31. The van der Waals surface area contributed by atoms with Gasteiger partial charge in [0.05, 0.1) is 5.75 Å². The van der Waals surface area contributed by atoms with Gasteiger partial charge in [-0.1, -0.05) is 12.1 Å². The molecular weight excluding hydrogens is 252 g/mol. The van der Waals surface area contributed by atoms with Crippen LogP contribution in [0.1, 0.15) is 17.5 Å². The van der Waals surface area contributed by atoms with Gasteiger partial charge in [-0.15, -0.1) is 11.8 Å². The van der Waals surface area contributed by atoms with Crippen LogP contribution in [0.3, 0.4) is 0 Å². The van der Waals surface area contributed by atoms with E-state index < -0.39 is 9.05 Å². The Bertz CT molecular complexity index is 468. The predicted octanol–water partition coefficient (Wildman–Crippen LogP) is 2.79. The summed E-state index contributed by atoms with van der Waals surface area (Å²) in [6, 6.07) is 5.81. The molecule has 0 aliphatic carbocycles. The molecule has 0 aromatic heterocycles. The second-order valence-electron chi connectivity index (χ2n) is 3.58. The molecule has 15 heavy (non-hydrogen) atoms. The molecule has 0 spiro atoms. The first kappa shape index (κ1) is 11.3. The van der Waals surface area contributed by atoms with Gasteiger partial charge < -0.3 is 0 Å². The largest absolute Gasteiger partial charge is 0.236 e. The fourth-order valence-electron chi connectivity index (χ4n) is 1.67. The van der Waals surface area contributed by atoms with E-state index in [9.17, 15) is 8.42 Å². The third-order valence-electron chi connectivity index (χ3n) is 2.32. The van der Waals surface area contributed by atoms with Gasteiger partial charge in [0.15, 0.2) is 0 Å². The van der Waals surface area contributed by atoms with Crippen LogP contribution in [-0.4, -0.2) is 14.2 Å². The molecule has 0 unspecified atom stereocenters. The van der Waals surface area contributed by atoms with Crippen molar-refractivity contribution in [2.45, 2.75) is 23.5 Å². The molecule has 0 atom stereocenters. The molecule has 2 nitrogen and oxygen atoms in total. The van der Waals surface area contributed by atoms with Crippen LogP contribution in [0.4, 0.5) is 0 Å². The number of aryl methyl sites for hydroxylation is 1. The first-order chi connectivity index (χ1) is 7.04. The number of rotatable bonds is 2. The van der Waals surface area contributed by atoms with Gasteiger partial charge in [0, 0.05) is 15.6 Å². The van der Waals surface area contributed by atoms with Gasteiger partial charge in [0.2, 0.25) is 9.05 Å². The highest BCUT2D eigenvalue weighted by molar-refractivity contribution is 8.13. The predicted molar refractivity (Wildman–Crippen MR) is 64.0 cm³/mol. The molecule has 1 aromatic rings. The SMILES string of the molecule is O=S(=O)(Cl)Cc1ccc2c(c1)SCCC2. The maximum absolute atomic E-state index is 10.9. The summed E-state index contributed by atoms with van der Waals surface area (Å²) in [6.45, 7) is 0. The third-order valence-corrected chi connectivity index (χ3v) is 4.51. The van der Waals surface area contributed by atoms with E-state index in [1.54, 1.807) is 11.8 Å². The van der Waals surface area contributed by atoms with Crippen molar-refractivity contribution >= 4 is 31.5 Å².